The fourth-order valence-corrected chi connectivity index (χ4v) is 3.98. The van der Waals surface area contributed by atoms with Crippen molar-refractivity contribution in [2.24, 2.45) is 0 Å². The highest BCUT2D eigenvalue weighted by Crippen LogP contribution is 2.26. The Morgan fingerprint density at radius 1 is 1.39 bits per heavy atom. The fraction of sp³-hybridized carbons (Fsp3) is 0.500. The van der Waals surface area contributed by atoms with E-state index < -0.39 is 0 Å². The molecule has 1 saturated heterocycles. The van der Waals surface area contributed by atoms with Crippen LogP contribution in [0.5, 0.6) is 0 Å². The number of thiophene rings is 1. The molecule has 1 amide bonds. The Hall–Kier alpha value is -1.59. The van der Waals surface area contributed by atoms with Gasteiger partial charge < -0.3 is 14.2 Å². The zero-order valence-corrected chi connectivity index (χ0v) is 14.9. The van der Waals surface area contributed by atoms with E-state index in [2.05, 4.69) is 18.9 Å². The average Bonchev–Trinajstić information content (AvgIpc) is 3.17. The van der Waals surface area contributed by atoms with Crippen molar-refractivity contribution < 1.29 is 9.21 Å². The van der Waals surface area contributed by atoms with Crippen LogP contribution < -0.4 is 0 Å². The number of piperidine rings is 1. The number of hydrogen-bond donors (Lipinski definition) is 0. The molecule has 0 spiro atoms. The van der Waals surface area contributed by atoms with E-state index in [1.54, 1.807) is 17.6 Å². The second-order valence-corrected chi connectivity index (χ2v) is 7.46. The van der Waals surface area contributed by atoms with Crippen molar-refractivity contribution >= 4 is 17.2 Å². The van der Waals surface area contributed by atoms with Crippen LogP contribution in [0, 0.1) is 13.8 Å². The maximum Gasteiger partial charge on any atom is 0.255 e. The second-order valence-electron chi connectivity index (χ2n) is 6.38. The lowest BCUT2D eigenvalue weighted by Gasteiger charge is -2.37. The van der Waals surface area contributed by atoms with E-state index in [4.69, 9.17) is 4.42 Å². The van der Waals surface area contributed by atoms with Gasteiger partial charge in [-0.1, -0.05) is 0 Å². The molecule has 4 nitrogen and oxygen atoms in total. The van der Waals surface area contributed by atoms with Crippen LogP contribution in [0.4, 0.5) is 0 Å². The van der Waals surface area contributed by atoms with Crippen LogP contribution in [0.1, 0.15) is 39.4 Å². The van der Waals surface area contributed by atoms with Crippen LogP contribution in [0.2, 0.25) is 0 Å². The maximum absolute atomic E-state index is 13.2. The van der Waals surface area contributed by atoms with Gasteiger partial charge in [-0.15, -0.1) is 11.3 Å². The first kappa shape index (κ1) is 16.3. The number of hydrogen-bond acceptors (Lipinski definition) is 4. The minimum absolute atomic E-state index is 0.137. The third-order valence-corrected chi connectivity index (χ3v) is 5.83. The molecular formula is C18H24N2O2S. The minimum atomic E-state index is 0.137. The van der Waals surface area contributed by atoms with Crippen molar-refractivity contribution in [2.75, 3.05) is 20.1 Å². The molecular weight excluding hydrogens is 308 g/mol. The van der Waals surface area contributed by atoms with Crippen LogP contribution in [0.25, 0.3) is 0 Å². The number of rotatable bonds is 4. The first-order valence-corrected chi connectivity index (χ1v) is 9.01. The van der Waals surface area contributed by atoms with Crippen LogP contribution >= 0.6 is 11.3 Å². The molecule has 2 aromatic rings. The summed E-state index contributed by atoms with van der Waals surface area (Å²) in [5.41, 5.74) is 1.95. The second kappa shape index (κ2) is 6.89. The molecule has 0 bridgehead atoms. The highest BCUT2D eigenvalue weighted by molar-refractivity contribution is 7.10. The molecule has 3 heterocycles. The van der Waals surface area contributed by atoms with Crippen LogP contribution in [0.15, 0.2) is 28.2 Å². The molecule has 0 saturated carbocycles. The highest BCUT2D eigenvalue weighted by Gasteiger charge is 2.29. The van der Waals surface area contributed by atoms with Crippen LogP contribution in [0.3, 0.4) is 0 Å². The van der Waals surface area contributed by atoms with Crippen molar-refractivity contribution in [1.29, 1.82) is 0 Å². The van der Waals surface area contributed by atoms with Gasteiger partial charge in [0.15, 0.2) is 0 Å². The predicted octanol–water partition coefficient (Wildman–Crippen LogP) is 3.69. The monoisotopic (exact) mass is 332 g/mol. The van der Waals surface area contributed by atoms with Crippen molar-refractivity contribution in [3.63, 3.8) is 0 Å². The summed E-state index contributed by atoms with van der Waals surface area (Å²) in [6, 6.07) is 4.11. The predicted molar refractivity (Wildman–Crippen MR) is 92.9 cm³/mol. The number of nitrogens with zero attached hydrogens (tertiary/aromatic N) is 2. The summed E-state index contributed by atoms with van der Waals surface area (Å²) in [6.07, 6.45) is 3.71. The van der Waals surface area contributed by atoms with Gasteiger partial charge >= 0.3 is 0 Å². The maximum atomic E-state index is 13.2. The van der Waals surface area contributed by atoms with Crippen molar-refractivity contribution in [1.82, 2.24) is 9.80 Å². The lowest BCUT2D eigenvalue weighted by Crippen LogP contribution is -2.46. The van der Waals surface area contributed by atoms with E-state index in [0.717, 1.165) is 42.8 Å². The van der Waals surface area contributed by atoms with Crippen LogP contribution in [-0.2, 0) is 6.54 Å². The molecule has 1 aliphatic rings. The van der Waals surface area contributed by atoms with Gasteiger partial charge in [0.2, 0.25) is 0 Å². The van der Waals surface area contributed by atoms with E-state index in [-0.39, 0.29) is 11.9 Å². The Labute approximate surface area is 141 Å². The molecule has 0 aromatic carbocycles. The third-order valence-electron chi connectivity index (χ3n) is 4.81. The van der Waals surface area contributed by atoms with Crippen LogP contribution in [-0.4, -0.2) is 41.9 Å². The van der Waals surface area contributed by atoms with Gasteiger partial charge in [0.1, 0.15) is 5.76 Å². The number of carbonyl (C=O) groups is 1. The SMILES string of the molecule is Cc1scc(C(=O)N(Cc2ccco2)C2CCN(C)CC2)c1C. The molecule has 0 radical (unpaired) electrons. The molecule has 0 unspecified atom stereocenters. The number of furan rings is 1. The quantitative estimate of drug-likeness (QED) is 0.857. The third kappa shape index (κ3) is 3.51. The summed E-state index contributed by atoms with van der Waals surface area (Å²) in [6.45, 7) is 6.74. The average molecular weight is 332 g/mol. The van der Waals surface area contributed by atoms with E-state index in [1.807, 2.05) is 29.3 Å². The molecule has 2 aromatic heterocycles. The topological polar surface area (TPSA) is 36.7 Å². The smallest absolute Gasteiger partial charge is 0.255 e. The molecule has 1 fully saturated rings. The van der Waals surface area contributed by atoms with E-state index in [1.165, 1.54) is 4.88 Å². The minimum Gasteiger partial charge on any atom is -0.467 e. The summed E-state index contributed by atoms with van der Waals surface area (Å²) in [5.74, 6) is 0.986. The van der Waals surface area contributed by atoms with Gasteiger partial charge in [-0.05, 0) is 64.5 Å². The van der Waals surface area contributed by atoms with E-state index >= 15 is 0 Å². The van der Waals surface area contributed by atoms with Crippen molar-refractivity contribution in [2.45, 2.75) is 39.3 Å². The molecule has 5 heteroatoms. The zero-order chi connectivity index (χ0) is 16.4. The Morgan fingerprint density at radius 2 is 2.13 bits per heavy atom. The summed E-state index contributed by atoms with van der Waals surface area (Å²) in [5, 5.41) is 2.00. The molecule has 124 valence electrons. The lowest BCUT2D eigenvalue weighted by molar-refractivity contribution is 0.0550. The number of aryl methyl sites for hydroxylation is 1. The normalized spacial score (nSPS) is 16.7. The number of carbonyl (C=O) groups excluding carboxylic acids is 1. The van der Waals surface area contributed by atoms with Crippen molar-refractivity contribution in [3.05, 3.63) is 45.5 Å². The largest absolute Gasteiger partial charge is 0.467 e. The van der Waals surface area contributed by atoms with Crippen molar-refractivity contribution in [3.8, 4) is 0 Å². The Balaban J connectivity index is 1.84. The standard InChI is InChI=1S/C18H24N2O2S/c1-13-14(2)23-12-17(13)18(21)20(11-16-5-4-10-22-16)15-6-8-19(3)9-7-15/h4-5,10,12,15H,6-9,11H2,1-3H3. The van der Waals surface area contributed by atoms with Gasteiger partial charge in [-0.3, -0.25) is 4.79 Å². The van der Waals surface area contributed by atoms with E-state index in [9.17, 15) is 4.79 Å². The lowest BCUT2D eigenvalue weighted by atomic mass is 10.0. The first-order chi connectivity index (χ1) is 11.1. The summed E-state index contributed by atoms with van der Waals surface area (Å²) in [7, 11) is 2.14. The van der Waals surface area contributed by atoms with Gasteiger partial charge in [0, 0.05) is 16.3 Å². The fourth-order valence-electron chi connectivity index (χ4n) is 3.12. The Kier molecular flexibility index (Phi) is 4.87. The molecule has 0 atom stereocenters. The molecule has 0 N–H and O–H groups in total. The van der Waals surface area contributed by atoms with E-state index in [0.29, 0.717) is 6.54 Å². The molecule has 3 rings (SSSR count). The Bertz CT molecular complexity index is 655. The molecule has 0 aliphatic carbocycles. The van der Waals surface area contributed by atoms with Gasteiger partial charge in [-0.25, -0.2) is 0 Å². The van der Waals surface area contributed by atoms with Gasteiger partial charge in [0.05, 0.1) is 18.4 Å². The summed E-state index contributed by atoms with van der Waals surface area (Å²) >= 11 is 1.65. The molecule has 23 heavy (non-hydrogen) atoms. The Morgan fingerprint density at radius 3 is 2.70 bits per heavy atom. The summed E-state index contributed by atoms with van der Waals surface area (Å²) < 4.78 is 5.50. The first-order valence-electron chi connectivity index (χ1n) is 8.13. The molecule has 1 aliphatic heterocycles. The van der Waals surface area contributed by atoms with Gasteiger partial charge in [0.25, 0.3) is 5.91 Å². The zero-order valence-electron chi connectivity index (χ0n) is 14.0. The highest BCUT2D eigenvalue weighted by atomic mass is 32.1. The number of likely N-dealkylation sites (tertiary alicyclic amines) is 1. The summed E-state index contributed by atoms with van der Waals surface area (Å²) in [4.78, 5) is 18.7. The number of amides is 1. The van der Waals surface area contributed by atoms with Gasteiger partial charge in [-0.2, -0.15) is 0 Å².